The quantitative estimate of drug-likeness (QED) is 0.0603. The number of halogens is 1. The zero-order chi connectivity index (χ0) is 25.9. The Morgan fingerprint density at radius 1 is 1.29 bits per heavy atom. The molecule has 1 aliphatic rings. The highest BCUT2D eigenvalue weighted by Crippen LogP contribution is 2.66. The average molecular weight is 556 g/mol. The monoisotopic (exact) mass is 556 g/mol. The molecule has 1 aromatic rings. The Hall–Kier alpha value is -1.79. The van der Waals surface area contributed by atoms with Crippen molar-refractivity contribution in [1.82, 2.24) is 9.55 Å². The number of alkyl halides is 1. The molecule has 1 aromatic heterocycles. The number of nitrogens with zero attached hydrogens (tertiary/aromatic N) is 5. The van der Waals surface area contributed by atoms with E-state index in [0.29, 0.717) is 4.57 Å². The van der Waals surface area contributed by atoms with Crippen LogP contribution in [-0.4, -0.2) is 70.5 Å². The molecule has 0 spiro atoms. The molecule has 2 rings (SSSR count). The summed E-state index contributed by atoms with van der Waals surface area (Å²) < 4.78 is 66.1. The van der Waals surface area contributed by atoms with Crippen LogP contribution in [0.5, 0.6) is 0 Å². The first kappa shape index (κ1) is 28.4. The van der Waals surface area contributed by atoms with Crippen molar-refractivity contribution in [2.24, 2.45) is 5.11 Å². The number of hydrogen-bond donors (Lipinski definition) is 7. The number of aliphatic hydroxyl groups is 1. The first-order chi connectivity index (χ1) is 15.5. The smallest absolute Gasteiger partial charge is 0.387 e. The summed E-state index contributed by atoms with van der Waals surface area (Å²) in [6, 6.07) is 1.00. The van der Waals surface area contributed by atoms with E-state index in [2.05, 4.69) is 28.2 Å². The lowest BCUT2D eigenvalue weighted by atomic mass is 9.97. The molecule has 7 N–H and O–H groups in total. The lowest BCUT2D eigenvalue weighted by Gasteiger charge is -2.30. The largest absolute Gasteiger partial charge is 0.490 e. The Morgan fingerprint density at radius 2 is 1.94 bits per heavy atom. The summed E-state index contributed by atoms with van der Waals surface area (Å²) in [5.41, 5.74) is 6.45. The third-order valence-corrected chi connectivity index (χ3v) is 7.76. The maximum absolute atomic E-state index is 14.9. The van der Waals surface area contributed by atoms with Crippen molar-refractivity contribution in [3.05, 3.63) is 33.2 Å². The van der Waals surface area contributed by atoms with Crippen LogP contribution >= 0.6 is 23.5 Å². The predicted octanol–water partition coefficient (Wildman–Crippen LogP) is -0.335. The van der Waals surface area contributed by atoms with E-state index in [-0.39, 0.29) is 5.82 Å². The molecule has 20 nitrogen and oxygen atoms in total. The molecule has 1 aliphatic heterocycles. The molecule has 0 aliphatic carbocycles. The van der Waals surface area contributed by atoms with E-state index in [1.165, 1.54) is 0 Å². The number of anilines is 1. The number of aliphatic hydroxyl groups excluding tert-OH is 1. The summed E-state index contributed by atoms with van der Waals surface area (Å²) in [7, 11) is -17.3. The second-order valence-electron chi connectivity index (χ2n) is 6.33. The maximum Gasteiger partial charge on any atom is 0.490 e. The number of phosphoric ester groups is 1. The van der Waals surface area contributed by atoms with Crippen LogP contribution in [0.25, 0.3) is 10.4 Å². The second kappa shape index (κ2) is 10.4. The molecule has 6 atom stereocenters. The first-order valence-corrected chi connectivity index (χ1v) is 12.9. The van der Waals surface area contributed by atoms with Gasteiger partial charge in [0.25, 0.3) is 0 Å². The van der Waals surface area contributed by atoms with E-state index in [0.717, 1.165) is 12.3 Å². The van der Waals surface area contributed by atoms with E-state index in [9.17, 15) is 37.8 Å². The van der Waals surface area contributed by atoms with Crippen molar-refractivity contribution in [3.8, 4) is 0 Å². The highest BCUT2D eigenvalue weighted by molar-refractivity contribution is 7.66. The van der Waals surface area contributed by atoms with Crippen molar-refractivity contribution in [1.29, 1.82) is 0 Å². The summed E-state index contributed by atoms with van der Waals surface area (Å²) in [5.74, 6) is -0.330. The minimum atomic E-state index is -5.88. The van der Waals surface area contributed by atoms with Gasteiger partial charge in [0.05, 0.1) is 13.2 Å². The molecule has 0 amide bonds. The summed E-state index contributed by atoms with van der Waals surface area (Å²) in [6.45, 7) is -2.36. The molecule has 34 heavy (non-hydrogen) atoms. The third-order valence-electron chi connectivity index (χ3n) is 3.98. The van der Waals surface area contributed by atoms with Gasteiger partial charge in [-0.05, 0) is 11.6 Å². The van der Waals surface area contributed by atoms with Gasteiger partial charge in [-0.25, -0.2) is 22.9 Å². The predicted molar refractivity (Wildman–Crippen MR) is 101 cm³/mol. The molecule has 192 valence electrons. The van der Waals surface area contributed by atoms with Crippen LogP contribution in [0, 0.1) is 0 Å². The van der Waals surface area contributed by atoms with Gasteiger partial charge in [-0.15, -0.1) is 0 Å². The number of rotatable bonds is 11. The lowest BCUT2D eigenvalue weighted by molar-refractivity contribution is -0.120. The Bertz CT molecular complexity index is 1160. The van der Waals surface area contributed by atoms with Crippen LogP contribution in [0.4, 0.5) is 10.2 Å². The van der Waals surface area contributed by atoms with Crippen LogP contribution in [0.15, 0.2) is 22.2 Å². The third kappa shape index (κ3) is 7.11. The van der Waals surface area contributed by atoms with Crippen LogP contribution in [0.3, 0.4) is 0 Å². The molecule has 2 heterocycles. The van der Waals surface area contributed by atoms with E-state index in [4.69, 9.17) is 25.3 Å². The fourth-order valence-corrected chi connectivity index (χ4v) is 5.72. The van der Waals surface area contributed by atoms with Crippen molar-refractivity contribution >= 4 is 29.3 Å². The fourth-order valence-electron chi connectivity index (χ4n) is 2.64. The fraction of sp³-hybridized carbons (Fsp3) is 0.600. The standard InChI is InChI=1S/C10H16FN6O14P3/c11-6-7(18)10(3-13-16-12,29-8(6)17-2-1-5(15-20)14-9(17)19)4-28-33(24,25)31-34(26,27)30-32(21,22)23/h1-2,6-8,18,20H,3-4H2,(H,24,25)(H,26,27)(H,14,15,19)(H2,21,22,23)/t6-,7+,8?,10-/m1/s1. The molecule has 0 saturated carbocycles. The zero-order valence-corrected chi connectivity index (χ0v) is 18.9. The van der Waals surface area contributed by atoms with Crippen molar-refractivity contribution in [2.45, 2.75) is 24.1 Å². The van der Waals surface area contributed by atoms with Crippen LogP contribution in [0.2, 0.25) is 0 Å². The minimum absolute atomic E-state index is 0.330. The zero-order valence-electron chi connectivity index (χ0n) is 16.2. The number of ether oxygens (including phenoxy) is 1. The molecular weight excluding hydrogens is 540 g/mol. The molecule has 3 unspecified atom stereocenters. The molecular formula is C10H16FN6O14P3. The van der Waals surface area contributed by atoms with Crippen molar-refractivity contribution < 1.29 is 65.9 Å². The van der Waals surface area contributed by atoms with E-state index in [1.807, 2.05) is 0 Å². The van der Waals surface area contributed by atoms with Gasteiger partial charge in [0.15, 0.2) is 18.2 Å². The maximum atomic E-state index is 14.9. The first-order valence-electron chi connectivity index (χ1n) is 8.33. The van der Waals surface area contributed by atoms with E-state index in [1.54, 1.807) is 5.48 Å². The Kier molecular flexibility index (Phi) is 8.74. The van der Waals surface area contributed by atoms with Gasteiger partial charge in [-0.2, -0.15) is 13.6 Å². The summed E-state index contributed by atoms with van der Waals surface area (Å²) in [6.07, 6.45) is -5.85. The van der Waals surface area contributed by atoms with E-state index >= 15 is 0 Å². The molecule has 24 heteroatoms. The van der Waals surface area contributed by atoms with Gasteiger partial charge in [0, 0.05) is 11.1 Å². The summed E-state index contributed by atoms with van der Waals surface area (Å²) >= 11 is 0. The molecule has 1 fully saturated rings. The highest BCUT2D eigenvalue weighted by Gasteiger charge is 2.57. The highest BCUT2D eigenvalue weighted by atomic mass is 31.3. The van der Waals surface area contributed by atoms with Crippen LogP contribution < -0.4 is 11.2 Å². The number of hydrogen-bond acceptors (Lipinski definition) is 13. The molecule has 0 radical (unpaired) electrons. The van der Waals surface area contributed by atoms with Gasteiger partial charge in [-0.3, -0.25) is 19.8 Å². The molecule has 0 bridgehead atoms. The molecule has 1 saturated heterocycles. The number of aromatic nitrogens is 2. The van der Waals surface area contributed by atoms with Gasteiger partial charge in [0.1, 0.15) is 11.7 Å². The SMILES string of the molecule is [N-]=[N+]=NC[C@]1(COP(=O)(O)OP(=O)(O)OP(=O)(O)O)OC(n2ccc(NO)nc2=O)[C@H](F)[C@@H]1O. The van der Waals surface area contributed by atoms with Gasteiger partial charge in [-0.1, -0.05) is 5.11 Å². The lowest BCUT2D eigenvalue weighted by Crippen LogP contribution is -2.48. The van der Waals surface area contributed by atoms with Crippen molar-refractivity contribution in [2.75, 3.05) is 18.6 Å². The number of azide groups is 1. The van der Waals surface area contributed by atoms with E-state index < -0.39 is 66.4 Å². The van der Waals surface area contributed by atoms with Gasteiger partial charge < -0.3 is 29.4 Å². The number of nitrogens with one attached hydrogen (secondary N) is 1. The Labute approximate surface area is 186 Å². The normalized spacial score (nSPS) is 28.5. The van der Waals surface area contributed by atoms with Gasteiger partial charge in [0.2, 0.25) is 0 Å². The second-order valence-corrected chi connectivity index (χ2v) is 10.8. The van der Waals surface area contributed by atoms with Crippen molar-refractivity contribution in [3.63, 3.8) is 0 Å². The summed E-state index contributed by atoms with van der Waals surface area (Å²) in [4.78, 5) is 53.6. The molecule has 0 aromatic carbocycles. The van der Waals surface area contributed by atoms with Crippen LogP contribution in [0.1, 0.15) is 6.23 Å². The number of phosphoric acid groups is 3. The topological polar surface area (TPSA) is 305 Å². The average Bonchev–Trinajstić information content (AvgIpc) is 2.93. The van der Waals surface area contributed by atoms with Gasteiger partial charge >= 0.3 is 29.2 Å². The van der Waals surface area contributed by atoms with Crippen LogP contribution in [-0.2, 0) is 31.6 Å². The Morgan fingerprint density at radius 3 is 2.47 bits per heavy atom. The summed E-state index contributed by atoms with van der Waals surface area (Å²) in [5, 5.41) is 22.2. The Balaban J connectivity index is 2.31. The minimum Gasteiger partial charge on any atom is -0.387 e.